The van der Waals surface area contributed by atoms with Crippen LogP contribution in [0.3, 0.4) is 0 Å². The highest BCUT2D eigenvalue weighted by Crippen LogP contribution is 2.12. The fourth-order valence-corrected chi connectivity index (χ4v) is 2.05. The van der Waals surface area contributed by atoms with Gasteiger partial charge in [-0.1, -0.05) is 29.8 Å². The summed E-state index contributed by atoms with van der Waals surface area (Å²) in [7, 11) is 0. The molecular weight excluding hydrogens is 236 g/mol. The van der Waals surface area contributed by atoms with Crippen molar-refractivity contribution in [2.75, 3.05) is 12.3 Å². The monoisotopic (exact) mass is 258 g/mol. The summed E-state index contributed by atoms with van der Waals surface area (Å²) in [5, 5.41) is 3.53. The molecule has 19 heavy (non-hydrogen) atoms. The molecule has 0 fully saturated rings. The van der Waals surface area contributed by atoms with E-state index in [0.29, 0.717) is 11.9 Å². The van der Waals surface area contributed by atoms with Crippen LogP contribution in [0.5, 0.6) is 0 Å². The van der Waals surface area contributed by atoms with E-state index < -0.39 is 0 Å². The molecule has 0 aliphatic rings. The van der Waals surface area contributed by atoms with Gasteiger partial charge in [-0.2, -0.15) is 0 Å². The van der Waals surface area contributed by atoms with E-state index >= 15 is 0 Å². The van der Waals surface area contributed by atoms with Crippen LogP contribution in [0.1, 0.15) is 30.5 Å². The summed E-state index contributed by atoms with van der Waals surface area (Å²) in [6.45, 7) is 6.23. The maximum absolute atomic E-state index is 5.57. The van der Waals surface area contributed by atoms with Crippen molar-refractivity contribution in [3.8, 4) is 0 Å². The third-order valence-corrected chi connectivity index (χ3v) is 3.27. The molecular formula is C15H22N4. The number of hydrogen-bond donors (Lipinski definition) is 2. The number of hydrogen-bond acceptors (Lipinski definition) is 3. The van der Waals surface area contributed by atoms with Gasteiger partial charge < -0.3 is 15.6 Å². The van der Waals surface area contributed by atoms with Gasteiger partial charge >= 0.3 is 0 Å². The maximum Gasteiger partial charge on any atom is 0.141 e. The molecule has 0 radical (unpaired) electrons. The van der Waals surface area contributed by atoms with Crippen LogP contribution in [0.4, 0.5) is 5.82 Å². The van der Waals surface area contributed by atoms with Gasteiger partial charge in [-0.05, 0) is 32.4 Å². The second-order valence-electron chi connectivity index (χ2n) is 4.98. The summed E-state index contributed by atoms with van der Waals surface area (Å²) in [5.41, 5.74) is 8.20. The van der Waals surface area contributed by atoms with Gasteiger partial charge in [-0.25, -0.2) is 4.98 Å². The topological polar surface area (TPSA) is 55.9 Å². The minimum absolute atomic E-state index is 0.383. The second kappa shape index (κ2) is 6.38. The summed E-state index contributed by atoms with van der Waals surface area (Å²) in [6.07, 6.45) is 4.70. The highest BCUT2D eigenvalue weighted by molar-refractivity contribution is 5.23. The largest absolute Gasteiger partial charge is 0.382 e. The second-order valence-corrected chi connectivity index (χ2v) is 4.98. The lowest BCUT2D eigenvalue weighted by molar-refractivity contribution is 0.526. The van der Waals surface area contributed by atoms with Crippen LogP contribution in [0, 0.1) is 6.92 Å². The van der Waals surface area contributed by atoms with Crippen LogP contribution in [-0.2, 0) is 6.54 Å². The highest BCUT2D eigenvalue weighted by Gasteiger charge is 2.03. The van der Waals surface area contributed by atoms with Crippen LogP contribution >= 0.6 is 0 Å². The highest BCUT2D eigenvalue weighted by atomic mass is 15.1. The Hall–Kier alpha value is -1.81. The Morgan fingerprint density at radius 2 is 2.05 bits per heavy atom. The molecule has 1 aromatic carbocycles. The van der Waals surface area contributed by atoms with E-state index in [1.165, 1.54) is 11.1 Å². The lowest BCUT2D eigenvalue weighted by Crippen LogP contribution is -2.20. The Morgan fingerprint density at radius 3 is 2.68 bits per heavy atom. The Bertz CT molecular complexity index is 501. The van der Waals surface area contributed by atoms with Gasteiger partial charge in [0.15, 0.2) is 0 Å². The first-order chi connectivity index (χ1) is 9.15. The molecule has 0 unspecified atom stereocenters. The number of aromatic nitrogens is 2. The standard InChI is InChI=1S/C15H22N4/c1-12-4-6-14(7-5-12)13(2)17-8-3-9-19-10-15(16)18-11-19/h4-7,10-11,13,17H,3,8-9,16H2,1-2H3/t13-/m0/s1. The van der Waals surface area contributed by atoms with Gasteiger partial charge in [0.2, 0.25) is 0 Å². The fourth-order valence-electron chi connectivity index (χ4n) is 2.05. The van der Waals surface area contributed by atoms with Gasteiger partial charge in [-0.15, -0.1) is 0 Å². The van der Waals surface area contributed by atoms with E-state index in [1.807, 2.05) is 10.8 Å². The van der Waals surface area contributed by atoms with Crippen molar-refractivity contribution in [3.63, 3.8) is 0 Å². The Balaban J connectivity index is 1.72. The van der Waals surface area contributed by atoms with Crippen molar-refractivity contribution in [2.24, 2.45) is 0 Å². The predicted molar refractivity (Wildman–Crippen MR) is 78.9 cm³/mol. The molecule has 0 aliphatic carbocycles. The number of nitrogens with zero attached hydrogens (tertiary/aromatic N) is 2. The first kappa shape index (κ1) is 13.6. The average molecular weight is 258 g/mol. The van der Waals surface area contributed by atoms with Crippen molar-refractivity contribution in [3.05, 3.63) is 47.9 Å². The van der Waals surface area contributed by atoms with Crippen molar-refractivity contribution < 1.29 is 0 Å². The Kier molecular flexibility index (Phi) is 4.58. The summed E-state index contributed by atoms with van der Waals surface area (Å²) < 4.78 is 2.02. The van der Waals surface area contributed by atoms with Crippen molar-refractivity contribution in [1.82, 2.24) is 14.9 Å². The van der Waals surface area contributed by atoms with Gasteiger partial charge in [0, 0.05) is 18.8 Å². The number of anilines is 1. The predicted octanol–water partition coefficient (Wildman–Crippen LogP) is 2.51. The molecule has 0 spiro atoms. The zero-order valence-corrected chi connectivity index (χ0v) is 11.6. The third kappa shape index (κ3) is 4.10. The number of nitrogens with one attached hydrogen (secondary N) is 1. The molecule has 4 heteroatoms. The van der Waals surface area contributed by atoms with Gasteiger partial charge in [0.1, 0.15) is 5.82 Å². The molecule has 0 aliphatic heterocycles. The molecule has 1 atom stereocenters. The lowest BCUT2D eigenvalue weighted by atomic mass is 10.1. The normalized spacial score (nSPS) is 12.5. The summed E-state index contributed by atoms with van der Waals surface area (Å²) in [6, 6.07) is 9.06. The lowest BCUT2D eigenvalue weighted by Gasteiger charge is -2.14. The zero-order valence-electron chi connectivity index (χ0n) is 11.6. The Morgan fingerprint density at radius 1 is 1.32 bits per heavy atom. The van der Waals surface area contributed by atoms with E-state index in [4.69, 9.17) is 5.73 Å². The molecule has 1 aromatic heterocycles. The van der Waals surface area contributed by atoms with Crippen LogP contribution in [0.25, 0.3) is 0 Å². The van der Waals surface area contributed by atoms with E-state index in [1.54, 1.807) is 6.33 Å². The van der Waals surface area contributed by atoms with Gasteiger partial charge in [0.05, 0.1) is 6.33 Å². The minimum Gasteiger partial charge on any atom is -0.382 e. The molecule has 0 amide bonds. The molecule has 0 saturated carbocycles. The quantitative estimate of drug-likeness (QED) is 0.783. The fraction of sp³-hybridized carbons (Fsp3) is 0.400. The number of nitrogens with two attached hydrogens (primary N) is 1. The molecule has 2 aromatic rings. The van der Waals surface area contributed by atoms with Crippen molar-refractivity contribution in [1.29, 1.82) is 0 Å². The van der Waals surface area contributed by atoms with Crippen molar-refractivity contribution >= 4 is 5.82 Å². The average Bonchev–Trinajstić information content (AvgIpc) is 2.81. The first-order valence-electron chi connectivity index (χ1n) is 6.72. The molecule has 1 heterocycles. The SMILES string of the molecule is Cc1ccc([C@H](C)NCCCn2cnc(N)c2)cc1. The molecule has 2 rings (SSSR count). The molecule has 0 saturated heterocycles. The summed E-state index contributed by atoms with van der Waals surface area (Å²) in [5.74, 6) is 0.584. The summed E-state index contributed by atoms with van der Waals surface area (Å²) in [4.78, 5) is 4.01. The van der Waals surface area contributed by atoms with E-state index in [9.17, 15) is 0 Å². The van der Waals surface area contributed by atoms with E-state index in [2.05, 4.69) is 48.4 Å². The maximum atomic E-state index is 5.57. The van der Waals surface area contributed by atoms with Crippen LogP contribution < -0.4 is 11.1 Å². The molecule has 3 N–H and O–H groups in total. The third-order valence-electron chi connectivity index (χ3n) is 3.27. The summed E-state index contributed by atoms with van der Waals surface area (Å²) >= 11 is 0. The van der Waals surface area contributed by atoms with Gasteiger partial charge in [-0.3, -0.25) is 0 Å². The minimum atomic E-state index is 0.383. The molecule has 102 valence electrons. The first-order valence-corrected chi connectivity index (χ1v) is 6.72. The van der Waals surface area contributed by atoms with Crippen LogP contribution in [-0.4, -0.2) is 16.1 Å². The number of nitrogen functional groups attached to an aromatic ring is 1. The van der Waals surface area contributed by atoms with Gasteiger partial charge in [0.25, 0.3) is 0 Å². The van der Waals surface area contributed by atoms with E-state index in [0.717, 1.165) is 19.5 Å². The van der Waals surface area contributed by atoms with Crippen LogP contribution in [0.15, 0.2) is 36.8 Å². The number of rotatable bonds is 6. The number of imidazole rings is 1. The van der Waals surface area contributed by atoms with E-state index in [-0.39, 0.29) is 0 Å². The molecule has 4 nitrogen and oxygen atoms in total. The molecule has 0 bridgehead atoms. The number of aryl methyl sites for hydroxylation is 2. The number of benzene rings is 1. The smallest absolute Gasteiger partial charge is 0.141 e. The zero-order chi connectivity index (χ0) is 13.7. The van der Waals surface area contributed by atoms with Crippen LogP contribution in [0.2, 0.25) is 0 Å². The van der Waals surface area contributed by atoms with Crippen molar-refractivity contribution in [2.45, 2.75) is 32.9 Å². The Labute approximate surface area is 114 Å².